The maximum absolute atomic E-state index is 3.71. The number of allylic oxidation sites excluding steroid dienone is 5. The van der Waals surface area contributed by atoms with Gasteiger partial charge < -0.3 is 0 Å². The second-order valence-corrected chi connectivity index (χ2v) is 4.25. The first-order chi connectivity index (χ1) is 7.91. The fraction of sp³-hybridized carbons (Fsp3) is 0.625. The molecule has 0 atom stereocenters. The highest BCUT2D eigenvalue weighted by Gasteiger charge is 1.83. The molecule has 0 fully saturated rings. The fourth-order valence-corrected chi connectivity index (χ4v) is 1.58. The summed E-state index contributed by atoms with van der Waals surface area (Å²) < 4.78 is 0. The third kappa shape index (κ3) is 13.2. The van der Waals surface area contributed by atoms with E-state index in [1.165, 1.54) is 44.9 Å². The summed E-state index contributed by atoms with van der Waals surface area (Å²) in [5, 5.41) is 0. The topological polar surface area (TPSA) is 0 Å². The highest BCUT2D eigenvalue weighted by atomic mass is 13.9. The second kappa shape index (κ2) is 14.2. The lowest BCUT2D eigenvalue weighted by molar-refractivity contribution is 0.674. The molecular formula is C16H28. The Hall–Kier alpha value is -0.780. The number of hydrogen-bond donors (Lipinski definition) is 0. The summed E-state index contributed by atoms with van der Waals surface area (Å²) in [6, 6.07) is 0. The third-order valence-corrected chi connectivity index (χ3v) is 2.61. The van der Waals surface area contributed by atoms with E-state index < -0.39 is 0 Å². The van der Waals surface area contributed by atoms with Crippen molar-refractivity contribution in [3.8, 4) is 0 Å². The van der Waals surface area contributed by atoms with E-state index in [0.717, 1.165) is 12.8 Å². The van der Waals surface area contributed by atoms with E-state index in [9.17, 15) is 0 Å². The summed E-state index contributed by atoms with van der Waals surface area (Å²) in [5.41, 5.74) is 0. The first kappa shape index (κ1) is 15.2. The van der Waals surface area contributed by atoms with E-state index in [-0.39, 0.29) is 0 Å². The van der Waals surface area contributed by atoms with E-state index in [2.05, 4.69) is 37.8 Å². The highest BCUT2D eigenvalue weighted by Crippen LogP contribution is 2.03. The normalized spacial score (nSPS) is 11.6. The van der Waals surface area contributed by atoms with E-state index in [0.29, 0.717) is 0 Å². The van der Waals surface area contributed by atoms with Gasteiger partial charge >= 0.3 is 0 Å². The van der Waals surface area contributed by atoms with Gasteiger partial charge in [0.2, 0.25) is 0 Å². The van der Waals surface area contributed by atoms with Crippen molar-refractivity contribution in [3.05, 3.63) is 37.0 Å². The Kier molecular flexibility index (Phi) is 13.5. The maximum Gasteiger partial charge on any atom is -0.0169 e. The smallest absolute Gasteiger partial charge is 0.0169 e. The molecule has 0 aromatic carbocycles. The molecule has 16 heavy (non-hydrogen) atoms. The monoisotopic (exact) mass is 220 g/mol. The third-order valence-electron chi connectivity index (χ3n) is 2.61. The van der Waals surface area contributed by atoms with Gasteiger partial charge in [0.25, 0.3) is 0 Å². The molecule has 0 N–H and O–H groups in total. The Morgan fingerprint density at radius 3 is 2.06 bits per heavy atom. The van der Waals surface area contributed by atoms with Gasteiger partial charge in [-0.25, -0.2) is 0 Å². The van der Waals surface area contributed by atoms with Crippen LogP contribution in [0.5, 0.6) is 0 Å². The summed E-state index contributed by atoms with van der Waals surface area (Å²) in [4.78, 5) is 0. The molecule has 0 spiro atoms. The minimum atomic E-state index is 1.10. The molecule has 0 saturated carbocycles. The fourth-order valence-electron chi connectivity index (χ4n) is 1.58. The Labute approximate surface area is 102 Å². The van der Waals surface area contributed by atoms with E-state index in [1.807, 2.05) is 6.08 Å². The standard InChI is InChI=1S/C16H28/c1-3-5-7-9-11-13-15-16-14-12-10-8-6-4-2/h3,11,13-14,16H,1,4-10,12,15H2,2H3. The van der Waals surface area contributed by atoms with Crippen LogP contribution in [0.3, 0.4) is 0 Å². The van der Waals surface area contributed by atoms with Gasteiger partial charge in [-0.05, 0) is 38.5 Å². The van der Waals surface area contributed by atoms with Gasteiger partial charge in [0.15, 0.2) is 0 Å². The van der Waals surface area contributed by atoms with Gasteiger partial charge in [-0.15, -0.1) is 6.58 Å². The summed E-state index contributed by atoms with van der Waals surface area (Å²) >= 11 is 0. The molecule has 92 valence electrons. The van der Waals surface area contributed by atoms with Crippen molar-refractivity contribution in [1.29, 1.82) is 0 Å². The molecular weight excluding hydrogens is 192 g/mol. The van der Waals surface area contributed by atoms with Crippen molar-refractivity contribution in [2.75, 3.05) is 0 Å². The predicted octanol–water partition coefficient (Wildman–Crippen LogP) is 5.82. The van der Waals surface area contributed by atoms with E-state index in [4.69, 9.17) is 0 Å². The van der Waals surface area contributed by atoms with Crippen molar-refractivity contribution in [2.24, 2.45) is 0 Å². The van der Waals surface area contributed by atoms with Crippen LogP contribution in [0.25, 0.3) is 0 Å². The van der Waals surface area contributed by atoms with Gasteiger partial charge in [0, 0.05) is 0 Å². The molecule has 0 heterocycles. The zero-order chi connectivity index (χ0) is 11.9. The first-order valence-electron chi connectivity index (χ1n) is 6.82. The summed E-state index contributed by atoms with van der Waals surface area (Å²) in [7, 11) is 0. The maximum atomic E-state index is 3.71. The lowest BCUT2D eigenvalue weighted by Crippen LogP contribution is -1.73. The summed E-state index contributed by atoms with van der Waals surface area (Å²) in [6.45, 7) is 5.97. The highest BCUT2D eigenvalue weighted by molar-refractivity contribution is 4.92. The molecule has 0 amide bonds. The van der Waals surface area contributed by atoms with Crippen molar-refractivity contribution in [3.63, 3.8) is 0 Å². The van der Waals surface area contributed by atoms with Crippen LogP contribution in [-0.4, -0.2) is 0 Å². The predicted molar refractivity (Wildman–Crippen MR) is 75.7 cm³/mol. The van der Waals surface area contributed by atoms with Crippen LogP contribution in [0.4, 0.5) is 0 Å². The number of unbranched alkanes of at least 4 members (excludes halogenated alkanes) is 6. The van der Waals surface area contributed by atoms with Crippen LogP contribution in [0.15, 0.2) is 37.0 Å². The molecule has 0 rings (SSSR count). The van der Waals surface area contributed by atoms with Crippen molar-refractivity contribution < 1.29 is 0 Å². The molecule has 0 heteroatoms. The van der Waals surface area contributed by atoms with Crippen LogP contribution < -0.4 is 0 Å². The summed E-state index contributed by atoms with van der Waals surface area (Å²) in [6.07, 6.45) is 22.5. The quantitative estimate of drug-likeness (QED) is 0.304. The molecule has 0 aromatic heterocycles. The molecule has 0 nitrogen and oxygen atoms in total. The van der Waals surface area contributed by atoms with E-state index >= 15 is 0 Å². The van der Waals surface area contributed by atoms with Crippen LogP contribution in [0.2, 0.25) is 0 Å². The molecule has 0 saturated heterocycles. The second-order valence-electron chi connectivity index (χ2n) is 4.25. The van der Waals surface area contributed by atoms with Gasteiger partial charge in [-0.3, -0.25) is 0 Å². The minimum absolute atomic E-state index is 1.10. The molecule has 0 aliphatic carbocycles. The Morgan fingerprint density at radius 2 is 1.44 bits per heavy atom. The average Bonchev–Trinajstić information content (AvgIpc) is 2.31. The molecule has 0 aliphatic heterocycles. The lowest BCUT2D eigenvalue weighted by Gasteiger charge is -1.93. The molecule has 0 aromatic rings. The largest absolute Gasteiger partial charge is 0.103 e. The van der Waals surface area contributed by atoms with Crippen molar-refractivity contribution in [2.45, 2.75) is 64.7 Å². The molecule has 0 unspecified atom stereocenters. The van der Waals surface area contributed by atoms with Gasteiger partial charge in [-0.1, -0.05) is 56.6 Å². The lowest BCUT2D eigenvalue weighted by atomic mass is 10.1. The van der Waals surface area contributed by atoms with Gasteiger partial charge in [-0.2, -0.15) is 0 Å². The molecule has 0 radical (unpaired) electrons. The molecule has 0 bridgehead atoms. The van der Waals surface area contributed by atoms with Crippen LogP contribution in [-0.2, 0) is 0 Å². The minimum Gasteiger partial charge on any atom is -0.103 e. The Balaban J connectivity index is 3.16. The first-order valence-corrected chi connectivity index (χ1v) is 6.82. The number of hydrogen-bond acceptors (Lipinski definition) is 0. The van der Waals surface area contributed by atoms with Gasteiger partial charge in [0.05, 0.1) is 0 Å². The summed E-state index contributed by atoms with van der Waals surface area (Å²) in [5.74, 6) is 0. The SMILES string of the molecule is C=CCCCC=CCC=CCCCCCC. The van der Waals surface area contributed by atoms with Crippen molar-refractivity contribution >= 4 is 0 Å². The zero-order valence-electron chi connectivity index (χ0n) is 11.0. The number of rotatable bonds is 11. The van der Waals surface area contributed by atoms with Crippen LogP contribution in [0, 0.1) is 0 Å². The average molecular weight is 220 g/mol. The molecule has 0 aliphatic rings. The van der Waals surface area contributed by atoms with Crippen LogP contribution >= 0.6 is 0 Å². The van der Waals surface area contributed by atoms with Crippen molar-refractivity contribution in [1.82, 2.24) is 0 Å². The van der Waals surface area contributed by atoms with Gasteiger partial charge in [0.1, 0.15) is 0 Å². The van der Waals surface area contributed by atoms with Crippen LogP contribution in [0.1, 0.15) is 64.7 Å². The van der Waals surface area contributed by atoms with E-state index in [1.54, 1.807) is 0 Å². The Morgan fingerprint density at radius 1 is 0.750 bits per heavy atom. The Bertz CT molecular complexity index is 186. The zero-order valence-corrected chi connectivity index (χ0v) is 11.0.